The number of hydrogen-bond donors (Lipinski definition) is 1. The SMILES string of the molecule is CCCNCc1c(Cl)cccc1OCCc1ccnn1C. The van der Waals surface area contributed by atoms with E-state index in [1.807, 2.05) is 36.0 Å². The largest absolute Gasteiger partial charge is 0.493 e. The van der Waals surface area contributed by atoms with E-state index in [4.69, 9.17) is 16.3 Å². The Balaban J connectivity index is 1.95. The second kappa shape index (κ2) is 8.05. The van der Waals surface area contributed by atoms with Gasteiger partial charge >= 0.3 is 0 Å². The number of benzene rings is 1. The molecule has 0 amide bonds. The summed E-state index contributed by atoms with van der Waals surface area (Å²) in [6.07, 6.45) is 3.72. The zero-order chi connectivity index (χ0) is 15.1. The van der Waals surface area contributed by atoms with E-state index in [0.29, 0.717) is 6.61 Å². The normalized spacial score (nSPS) is 10.8. The maximum atomic E-state index is 6.28. The molecule has 1 heterocycles. The van der Waals surface area contributed by atoms with Gasteiger partial charge in [0.05, 0.1) is 6.61 Å². The molecule has 0 unspecified atom stereocenters. The monoisotopic (exact) mass is 307 g/mol. The molecule has 0 saturated carbocycles. The zero-order valence-electron chi connectivity index (χ0n) is 12.6. The third kappa shape index (κ3) is 4.48. The molecule has 0 fully saturated rings. The van der Waals surface area contributed by atoms with Crippen LogP contribution in [0.2, 0.25) is 5.02 Å². The standard InChI is InChI=1S/C16H22ClN3O/c1-3-9-18-12-14-15(17)5-4-6-16(14)21-11-8-13-7-10-19-20(13)2/h4-7,10,18H,3,8-9,11-12H2,1-2H3. The fraction of sp³-hybridized carbons (Fsp3) is 0.438. The fourth-order valence-corrected chi connectivity index (χ4v) is 2.38. The van der Waals surface area contributed by atoms with Crippen molar-refractivity contribution in [2.75, 3.05) is 13.2 Å². The molecule has 1 N–H and O–H groups in total. The average Bonchev–Trinajstić information content (AvgIpc) is 2.87. The molecule has 0 bridgehead atoms. The van der Waals surface area contributed by atoms with Crippen LogP contribution in [0.3, 0.4) is 0 Å². The van der Waals surface area contributed by atoms with Gasteiger partial charge in [0.15, 0.2) is 0 Å². The van der Waals surface area contributed by atoms with Crippen LogP contribution in [-0.2, 0) is 20.0 Å². The first kappa shape index (κ1) is 15.9. The predicted octanol–water partition coefficient (Wildman–Crippen LogP) is 3.19. The Labute approximate surface area is 131 Å². The van der Waals surface area contributed by atoms with Gasteiger partial charge in [0, 0.05) is 42.5 Å². The summed E-state index contributed by atoms with van der Waals surface area (Å²) in [6, 6.07) is 7.80. The highest BCUT2D eigenvalue weighted by atomic mass is 35.5. The highest BCUT2D eigenvalue weighted by Gasteiger charge is 2.08. The maximum Gasteiger partial charge on any atom is 0.125 e. The molecule has 1 aromatic carbocycles. The number of hydrogen-bond acceptors (Lipinski definition) is 3. The molecule has 0 saturated heterocycles. The zero-order valence-corrected chi connectivity index (χ0v) is 13.4. The highest BCUT2D eigenvalue weighted by molar-refractivity contribution is 6.31. The summed E-state index contributed by atoms with van der Waals surface area (Å²) in [4.78, 5) is 0. The number of aromatic nitrogens is 2. The van der Waals surface area contributed by atoms with Crippen LogP contribution in [0.25, 0.3) is 0 Å². The number of ether oxygens (including phenoxy) is 1. The van der Waals surface area contributed by atoms with Crippen molar-refractivity contribution < 1.29 is 4.74 Å². The summed E-state index contributed by atoms with van der Waals surface area (Å²) < 4.78 is 7.78. The number of rotatable bonds is 8. The Morgan fingerprint density at radius 3 is 2.90 bits per heavy atom. The van der Waals surface area contributed by atoms with Crippen LogP contribution in [0.4, 0.5) is 0 Å². The minimum absolute atomic E-state index is 0.612. The van der Waals surface area contributed by atoms with Gasteiger partial charge in [-0.2, -0.15) is 5.10 Å². The molecule has 5 heteroatoms. The van der Waals surface area contributed by atoms with E-state index in [0.717, 1.165) is 48.0 Å². The molecule has 0 aliphatic rings. The molecule has 114 valence electrons. The van der Waals surface area contributed by atoms with Crippen molar-refractivity contribution in [3.05, 3.63) is 46.7 Å². The average molecular weight is 308 g/mol. The summed E-state index contributed by atoms with van der Waals surface area (Å²) in [5, 5.41) is 8.27. The van der Waals surface area contributed by atoms with Crippen molar-refractivity contribution in [3.63, 3.8) is 0 Å². The summed E-state index contributed by atoms with van der Waals surface area (Å²) in [7, 11) is 1.94. The van der Waals surface area contributed by atoms with Crippen LogP contribution in [0.15, 0.2) is 30.5 Å². The number of aryl methyl sites for hydroxylation is 1. The lowest BCUT2D eigenvalue weighted by molar-refractivity contribution is 0.314. The Bertz CT molecular complexity index is 568. The van der Waals surface area contributed by atoms with E-state index in [-0.39, 0.29) is 0 Å². The molecule has 2 aromatic rings. The molecule has 0 aliphatic heterocycles. The predicted molar refractivity (Wildman–Crippen MR) is 85.9 cm³/mol. The molecule has 1 aromatic heterocycles. The third-order valence-corrected chi connectivity index (χ3v) is 3.70. The van der Waals surface area contributed by atoms with Gasteiger partial charge in [0.25, 0.3) is 0 Å². The molecule has 0 atom stereocenters. The van der Waals surface area contributed by atoms with Crippen molar-refractivity contribution in [1.29, 1.82) is 0 Å². The quantitative estimate of drug-likeness (QED) is 0.761. The number of halogens is 1. The van der Waals surface area contributed by atoms with Crippen LogP contribution in [0.5, 0.6) is 5.75 Å². The van der Waals surface area contributed by atoms with Gasteiger partial charge in [-0.05, 0) is 31.2 Å². The third-order valence-electron chi connectivity index (χ3n) is 3.34. The maximum absolute atomic E-state index is 6.28. The minimum Gasteiger partial charge on any atom is -0.493 e. The van der Waals surface area contributed by atoms with Gasteiger partial charge in [-0.1, -0.05) is 24.6 Å². The van der Waals surface area contributed by atoms with Crippen LogP contribution in [0.1, 0.15) is 24.6 Å². The van der Waals surface area contributed by atoms with Crippen molar-refractivity contribution >= 4 is 11.6 Å². The smallest absolute Gasteiger partial charge is 0.125 e. The summed E-state index contributed by atoms with van der Waals surface area (Å²) in [6.45, 7) is 4.46. The molecule has 0 radical (unpaired) electrons. The summed E-state index contributed by atoms with van der Waals surface area (Å²) in [5.74, 6) is 0.855. The lowest BCUT2D eigenvalue weighted by Gasteiger charge is -2.13. The van der Waals surface area contributed by atoms with Crippen molar-refractivity contribution in [2.45, 2.75) is 26.3 Å². The van der Waals surface area contributed by atoms with E-state index >= 15 is 0 Å². The van der Waals surface area contributed by atoms with Gasteiger partial charge in [-0.25, -0.2) is 0 Å². The van der Waals surface area contributed by atoms with E-state index in [2.05, 4.69) is 17.3 Å². The Kier molecular flexibility index (Phi) is 6.08. The van der Waals surface area contributed by atoms with Gasteiger partial charge in [0.1, 0.15) is 5.75 Å². The van der Waals surface area contributed by atoms with Crippen LogP contribution < -0.4 is 10.1 Å². The summed E-state index contributed by atoms with van der Waals surface area (Å²) in [5.41, 5.74) is 2.18. The molecular weight excluding hydrogens is 286 g/mol. The Morgan fingerprint density at radius 1 is 1.33 bits per heavy atom. The second-order valence-corrected chi connectivity index (χ2v) is 5.35. The van der Waals surface area contributed by atoms with Gasteiger partial charge in [-0.3, -0.25) is 4.68 Å². The molecule has 21 heavy (non-hydrogen) atoms. The first-order valence-electron chi connectivity index (χ1n) is 7.30. The topological polar surface area (TPSA) is 39.1 Å². The number of nitrogens with one attached hydrogen (secondary N) is 1. The van der Waals surface area contributed by atoms with E-state index in [9.17, 15) is 0 Å². The van der Waals surface area contributed by atoms with Crippen LogP contribution >= 0.6 is 11.6 Å². The lowest BCUT2D eigenvalue weighted by atomic mass is 10.2. The highest BCUT2D eigenvalue weighted by Crippen LogP contribution is 2.26. The second-order valence-electron chi connectivity index (χ2n) is 4.94. The van der Waals surface area contributed by atoms with Crippen molar-refractivity contribution in [1.82, 2.24) is 15.1 Å². The molecule has 0 spiro atoms. The Morgan fingerprint density at radius 2 is 2.19 bits per heavy atom. The van der Waals surface area contributed by atoms with E-state index < -0.39 is 0 Å². The van der Waals surface area contributed by atoms with Crippen molar-refractivity contribution in [2.24, 2.45) is 7.05 Å². The number of nitrogens with zero attached hydrogens (tertiary/aromatic N) is 2. The van der Waals surface area contributed by atoms with Gasteiger partial charge in [-0.15, -0.1) is 0 Å². The lowest BCUT2D eigenvalue weighted by Crippen LogP contribution is -2.15. The molecular formula is C16H22ClN3O. The molecule has 2 rings (SSSR count). The van der Waals surface area contributed by atoms with Gasteiger partial charge in [0.2, 0.25) is 0 Å². The molecule has 0 aliphatic carbocycles. The molecule has 4 nitrogen and oxygen atoms in total. The van der Waals surface area contributed by atoms with E-state index in [1.54, 1.807) is 6.20 Å². The first-order valence-corrected chi connectivity index (χ1v) is 7.68. The van der Waals surface area contributed by atoms with E-state index in [1.165, 1.54) is 0 Å². The summed E-state index contributed by atoms with van der Waals surface area (Å²) >= 11 is 6.28. The minimum atomic E-state index is 0.612. The van der Waals surface area contributed by atoms with Gasteiger partial charge < -0.3 is 10.1 Å². The van der Waals surface area contributed by atoms with Crippen LogP contribution in [-0.4, -0.2) is 22.9 Å². The van der Waals surface area contributed by atoms with Crippen molar-refractivity contribution in [3.8, 4) is 5.75 Å². The first-order chi connectivity index (χ1) is 10.2. The van der Waals surface area contributed by atoms with Crippen LogP contribution in [0, 0.1) is 0 Å². The fourth-order valence-electron chi connectivity index (χ4n) is 2.15. The Hall–Kier alpha value is -1.52.